The molecule has 2 aromatic rings. The molecule has 0 unspecified atom stereocenters. The highest BCUT2D eigenvalue weighted by atomic mass is 16.3. The molecule has 0 amide bonds. The minimum atomic E-state index is 0.779. The van der Waals surface area contributed by atoms with Crippen LogP contribution in [-0.2, 0) is 6.54 Å². The normalized spacial score (nSPS) is 10.6. The van der Waals surface area contributed by atoms with E-state index in [2.05, 4.69) is 14.9 Å². The van der Waals surface area contributed by atoms with Crippen LogP contribution in [0.15, 0.2) is 22.9 Å². The molecule has 90 valence electrons. The Morgan fingerprint density at radius 1 is 1.29 bits per heavy atom. The van der Waals surface area contributed by atoms with Crippen molar-refractivity contribution in [1.29, 1.82) is 0 Å². The van der Waals surface area contributed by atoms with Crippen molar-refractivity contribution < 1.29 is 4.42 Å². The molecule has 0 radical (unpaired) electrons. The largest absolute Gasteiger partial charge is 0.469 e. The molecule has 17 heavy (non-hydrogen) atoms. The maximum Gasteiger partial charge on any atom is 0.150 e. The molecule has 2 aromatic heterocycles. The zero-order valence-electron chi connectivity index (χ0n) is 10.7. The van der Waals surface area contributed by atoms with Gasteiger partial charge in [-0.3, -0.25) is 4.98 Å². The fourth-order valence-corrected chi connectivity index (χ4v) is 1.79. The van der Waals surface area contributed by atoms with Crippen LogP contribution in [0.4, 0.5) is 5.82 Å². The first-order chi connectivity index (χ1) is 8.08. The van der Waals surface area contributed by atoms with Crippen molar-refractivity contribution in [2.24, 2.45) is 0 Å². The summed E-state index contributed by atoms with van der Waals surface area (Å²) in [6, 6.07) is 1.99. The molecule has 0 spiro atoms. The topological polar surface area (TPSA) is 42.2 Å². The molecule has 2 rings (SSSR count). The average Bonchev–Trinajstić information content (AvgIpc) is 2.68. The molecule has 0 aliphatic rings. The average molecular weight is 231 g/mol. The second-order valence-electron chi connectivity index (χ2n) is 4.28. The zero-order valence-corrected chi connectivity index (χ0v) is 10.7. The van der Waals surface area contributed by atoms with Crippen molar-refractivity contribution in [3.05, 3.63) is 41.2 Å². The van der Waals surface area contributed by atoms with Crippen LogP contribution in [-0.4, -0.2) is 17.0 Å². The Hall–Kier alpha value is -1.84. The summed E-state index contributed by atoms with van der Waals surface area (Å²) >= 11 is 0. The SMILES string of the molecule is Cc1cnc(C)c(N(C)Cc2ccoc2C)n1. The van der Waals surface area contributed by atoms with Crippen LogP contribution in [0.2, 0.25) is 0 Å². The molecule has 0 fully saturated rings. The Kier molecular flexibility index (Phi) is 3.13. The summed E-state index contributed by atoms with van der Waals surface area (Å²) in [6.45, 7) is 6.67. The third-order valence-electron chi connectivity index (χ3n) is 2.79. The van der Waals surface area contributed by atoms with E-state index in [0.717, 1.165) is 29.5 Å². The number of hydrogen-bond donors (Lipinski definition) is 0. The number of rotatable bonds is 3. The molecule has 0 aliphatic heterocycles. The third kappa shape index (κ3) is 2.46. The maximum atomic E-state index is 5.29. The Morgan fingerprint density at radius 3 is 2.71 bits per heavy atom. The molecule has 0 N–H and O–H groups in total. The first-order valence-electron chi connectivity index (χ1n) is 5.62. The van der Waals surface area contributed by atoms with Gasteiger partial charge in [0.05, 0.1) is 17.7 Å². The number of aryl methyl sites for hydroxylation is 3. The predicted molar refractivity (Wildman–Crippen MR) is 67.1 cm³/mol. The van der Waals surface area contributed by atoms with E-state index in [0.29, 0.717) is 0 Å². The summed E-state index contributed by atoms with van der Waals surface area (Å²) in [5.74, 6) is 1.88. The zero-order chi connectivity index (χ0) is 12.4. The van der Waals surface area contributed by atoms with Gasteiger partial charge in [-0.2, -0.15) is 0 Å². The van der Waals surface area contributed by atoms with E-state index in [9.17, 15) is 0 Å². The number of aromatic nitrogens is 2. The van der Waals surface area contributed by atoms with Crippen molar-refractivity contribution in [3.63, 3.8) is 0 Å². The molecule has 0 atom stereocenters. The van der Waals surface area contributed by atoms with Crippen LogP contribution in [0, 0.1) is 20.8 Å². The van der Waals surface area contributed by atoms with Gasteiger partial charge in [-0.05, 0) is 26.8 Å². The van der Waals surface area contributed by atoms with Gasteiger partial charge in [0.25, 0.3) is 0 Å². The summed E-state index contributed by atoms with van der Waals surface area (Å²) in [4.78, 5) is 10.9. The van der Waals surface area contributed by atoms with Gasteiger partial charge >= 0.3 is 0 Å². The van der Waals surface area contributed by atoms with E-state index < -0.39 is 0 Å². The molecule has 0 aromatic carbocycles. The second-order valence-corrected chi connectivity index (χ2v) is 4.28. The Bertz CT molecular complexity index is 519. The predicted octanol–water partition coefficient (Wildman–Crippen LogP) is 2.63. The maximum absolute atomic E-state index is 5.29. The van der Waals surface area contributed by atoms with E-state index in [1.54, 1.807) is 12.5 Å². The molecule has 0 aliphatic carbocycles. The number of furan rings is 1. The summed E-state index contributed by atoms with van der Waals surface area (Å²) in [6.07, 6.45) is 3.50. The van der Waals surface area contributed by atoms with Crippen molar-refractivity contribution >= 4 is 5.82 Å². The van der Waals surface area contributed by atoms with Crippen LogP contribution >= 0.6 is 0 Å². The van der Waals surface area contributed by atoms with Gasteiger partial charge in [-0.15, -0.1) is 0 Å². The first kappa shape index (κ1) is 11.6. The van der Waals surface area contributed by atoms with Gasteiger partial charge < -0.3 is 9.32 Å². The highest BCUT2D eigenvalue weighted by Crippen LogP contribution is 2.18. The summed E-state index contributed by atoms with van der Waals surface area (Å²) in [5.41, 5.74) is 3.05. The molecule has 0 saturated carbocycles. The molecule has 2 heterocycles. The van der Waals surface area contributed by atoms with Crippen LogP contribution in [0.25, 0.3) is 0 Å². The molecule has 4 nitrogen and oxygen atoms in total. The van der Waals surface area contributed by atoms with Crippen LogP contribution < -0.4 is 4.90 Å². The quantitative estimate of drug-likeness (QED) is 0.814. The highest BCUT2D eigenvalue weighted by molar-refractivity contribution is 5.43. The number of nitrogens with zero attached hydrogens (tertiary/aromatic N) is 3. The number of hydrogen-bond acceptors (Lipinski definition) is 4. The van der Waals surface area contributed by atoms with Crippen molar-refractivity contribution in [2.45, 2.75) is 27.3 Å². The minimum Gasteiger partial charge on any atom is -0.469 e. The smallest absolute Gasteiger partial charge is 0.150 e. The summed E-state index contributed by atoms with van der Waals surface area (Å²) in [7, 11) is 2.02. The first-order valence-corrected chi connectivity index (χ1v) is 5.62. The Morgan fingerprint density at radius 2 is 2.06 bits per heavy atom. The van der Waals surface area contributed by atoms with E-state index in [-0.39, 0.29) is 0 Å². The lowest BCUT2D eigenvalue weighted by molar-refractivity contribution is 0.529. The number of anilines is 1. The van der Waals surface area contributed by atoms with Crippen molar-refractivity contribution in [1.82, 2.24) is 9.97 Å². The van der Waals surface area contributed by atoms with Gasteiger partial charge in [0.1, 0.15) is 11.6 Å². The van der Waals surface area contributed by atoms with Crippen molar-refractivity contribution in [3.8, 4) is 0 Å². The fourth-order valence-electron chi connectivity index (χ4n) is 1.79. The molecular weight excluding hydrogens is 214 g/mol. The lowest BCUT2D eigenvalue weighted by atomic mass is 10.2. The third-order valence-corrected chi connectivity index (χ3v) is 2.79. The Labute approximate surface area is 101 Å². The van der Waals surface area contributed by atoms with E-state index >= 15 is 0 Å². The molecule has 0 saturated heterocycles. The van der Waals surface area contributed by atoms with Gasteiger partial charge in [0, 0.05) is 25.4 Å². The van der Waals surface area contributed by atoms with Gasteiger partial charge in [0.15, 0.2) is 0 Å². The molecule has 0 bridgehead atoms. The van der Waals surface area contributed by atoms with Gasteiger partial charge in [-0.1, -0.05) is 0 Å². The summed E-state index contributed by atoms with van der Waals surface area (Å²) in [5, 5.41) is 0. The Balaban J connectivity index is 2.23. The standard InChI is InChI=1S/C13H17N3O/c1-9-7-14-10(2)13(15-9)16(4)8-12-5-6-17-11(12)3/h5-7H,8H2,1-4H3. The van der Waals surface area contributed by atoms with Crippen LogP contribution in [0.5, 0.6) is 0 Å². The summed E-state index contributed by atoms with van der Waals surface area (Å²) < 4.78 is 5.29. The van der Waals surface area contributed by atoms with Crippen LogP contribution in [0.3, 0.4) is 0 Å². The van der Waals surface area contributed by atoms with Gasteiger partial charge in [-0.25, -0.2) is 4.98 Å². The second kappa shape index (κ2) is 4.57. The fraction of sp³-hybridized carbons (Fsp3) is 0.385. The van der Waals surface area contributed by atoms with Crippen LogP contribution in [0.1, 0.15) is 22.7 Å². The lowest BCUT2D eigenvalue weighted by Gasteiger charge is -2.19. The molecular formula is C13H17N3O. The van der Waals surface area contributed by atoms with Gasteiger partial charge in [0.2, 0.25) is 0 Å². The minimum absolute atomic E-state index is 0.779. The highest BCUT2D eigenvalue weighted by Gasteiger charge is 2.10. The van der Waals surface area contributed by atoms with E-state index in [1.165, 1.54) is 5.56 Å². The van der Waals surface area contributed by atoms with E-state index in [1.807, 2.05) is 33.9 Å². The molecule has 4 heteroatoms. The monoisotopic (exact) mass is 231 g/mol. The van der Waals surface area contributed by atoms with E-state index in [4.69, 9.17) is 4.42 Å². The van der Waals surface area contributed by atoms with Crippen molar-refractivity contribution in [2.75, 3.05) is 11.9 Å². The lowest BCUT2D eigenvalue weighted by Crippen LogP contribution is -2.19.